The SMILES string of the molecule is CC(C)(C)[C@H]1C[NH+](C(C)(C)C)C[C@@](O)(c2ccccc2)C1. The van der Waals surface area contributed by atoms with E-state index < -0.39 is 5.60 Å². The lowest BCUT2D eigenvalue weighted by molar-refractivity contribution is -0.963. The van der Waals surface area contributed by atoms with Gasteiger partial charge < -0.3 is 10.0 Å². The fraction of sp³-hybridized carbons (Fsp3) is 0.684. The third-order valence-electron chi connectivity index (χ3n) is 5.18. The van der Waals surface area contributed by atoms with Gasteiger partial charge in [-0.2, -0.15) is 0 Å². The van der Waals surface area contributed by atoms with Gasteiger partial charge in [-0.3, -0.25) is 0 Å². The van der Waals surface area contributed by atoms with Gasteiger partial charge in [0.2, 0.25) is 0 Å². The summed E-state index contributed by atoms with van der Waals surface area (Å²) >= 11 is 0. The summed E-state index contributed by atoms with van der Waals surface area (Å²) in [5.74, 6) is 0.519. The Morgan fingerprint density at radius 3 is 2.10 bits per heavy atom. The van der Waals surface area contributed by atoms with Gasteiger partial charge in [0, 0.05) is 5.92 Å². The smallest absolute Gasteiger partial charge is 0.139 e. The first-order valence-corrected chi connectivity index (χ1v) is 8.15. The molecule has 1 aromatic rings. The van der Waals surface area contributed by atoms with Crippen LogP contribution in [0.3, 0.4) is 0 Å². The van der Waals surface area contributed by atoms with E-state index in [1.165, 1.54) is 4.90 Å². The van der Waals surface area contributed by atoms with Crippen molar-refractivity contribution in [1.29, 1.82) is 0 Å². The Labute approximate surface area is 130 Å². The second-order valence-electron chi connectivity index (χ2n) is 8.90. The van der Waals surface area contributed by atoms with Crippen LogP contribution >= 0.6 is 0 Å². The second-order valence-corrected chi connectivity index (χ2v) is 8.90. The van der Waals surface area contributed by atoms with Crippen molar-refractivity contribution in [3.63, 3.8) is 0 Å². The normalized spacial score (nSPS) is 31.2. The summed E-state index contributed by atoms with van der Waals surface area (Å²) in [5.41, 5.74) is 0.743. The minimum Gasteiger partial charge on any atom is -0.379 e. The molecule has 1 aliphatic heterocycles. The summed E-state index contributed by atoms with van der Waals surface area (Å²) in [5, 5.41) is 11.4. The molecule has 2 N–H and O–H groups in total. The van der Waals surface area contributed by atoms with Crippen molar-refractivity contribution in [2.45, 2.75) is 59.1 Å². The number of aliphatic hydroxyl groups is 1. The number of hydrogen-bond acceptors (Lipinski definition) is 1. The molecule has 1 unspecified atom stereocenters. The molecular weight excluding hydrogens is 258 g/mol. The quantitative estimate of drug-likeness (QED) is 0.816. The van der Waals surface area contributed by atoms with Crippen LogP contribution in [-0.4, -0.2) is 23.7 Å². The highest BCUT2D eigenvalue weighted by molar-refractivity contribution is 5.23. The van der Waals surface area contributed by atoms with Gasteiger partial charge in [-0.25, -0.2) is 0 Å². The lowest BCUT2D eigenvalue weighted by Gasteiger charge is -2.49. The lowest BCUT2D eigenvalue weighted by atomic mass is 9.69. The Hall–Kier alpha value is -0.860. The van der Waals surface area contributed by atoms with Crippen molar-refractivity contribution in [1.82, 2.24) is 0 Å². The van der Waals surface area contributed by atoms with Gasteiger partial charge in [-0.15, -0.1) is 0 Å². The summed E-state index contributed by atoms with van der Waals surface area (Å²) < 4.78 is 0. The van der Waals surface area contributed by atoms with Crippen molar-refractivity contribution in [3.8, 4) is 0 Å². The highest BCUT2D eigenvalue weighted by atomic mass is 16.3. The van der Waals surface area contributed by atoms with E-state index >= 15 is 0 Å². The summed E-state index contributed by atoms with van der Waals surface area (Å²) in [6.45, 7) is 15.7. The fourth-order valence-corrected chi connectivity index (χ4v) is 3.43. The number of rotatable bonds is 1. The first-order chi connectivity index (χ1) is 9.52. The van der Waals surface area contributed by atoms with Crippen LogP contribution in [-0.2, 0) is 5.60 Å². The van der Waals surface area contributed by atoms with Gasteiger partial charge in [0.25, 0.3) is 0 Å². The van der Waals surface area contributed by atoms with Crippen LogP contribution < -0.4 is 4.90 Å². The average Bonchev–Trinajstić information content (AvgIpc) is 2.37. The predicted molar refractivity (Wildman–Crippen MR) is 88.4 cm³/mol. The molecule has 3 atom stereocenters. The molecule has 0 spiro atoms. The molecule has 0 bridgehead atoms. The second kappa shape index (κ2) is 5.40. The van der Waals surface area contributed by atoms with Gasteiger partial charge >= 0.3 is 0 Å². The van der Waals surface area contributed by atoms with Crippen LogP contribution in [0.5, 0.6) is 0 Å². The zero-order valence-electron chi connectivity index (χ0n) is 14.5. The van der Waals surface area contributed by atoms with E-state index in [0.717, 1.165) is 25.1 Å². The number of benzene rings is 1. The maximum Gasteiger partial charge on any atom is 0.139 e. The predicted octanol–water partition coefficient (Wildman–Crippen LogP) is 2.62. The summed E-state index contributed by atoms with van der Waals surface area (Å²) in [7, 11) is 0. The molecule has 1 heterocycles. The van der Waals surface area contributed by atoms with E-state index in [-0.39, 0.29) is 11.0 Å². The van der Waals surface area contributed by atoms with Crippen LogP contribution in [0.1, 0.15) is 53.5 Å². The molecule has 1 saturated heterocycles. The molecular formula is C19H32NO+. The third-order valence-corrected chi connectivity index (χ3v) is 5.18. The number of likely N-dealkylation sites (tertiary alicyclic amines) is 1. The lowest BCUT2D eigenvalue weighted by Crippen LogP contribution is -3.22. The molecule has 0 amide bonds. The van der Waals surface area contributed by atoms with E-state index in [1.807, 2.05) is 18.2 Å². The van der Waals surface area contributed by atoms with E-state index in [9.17, 15) is 5.11 Å². The van der Waals surface area contributed by atoms with Crippen molar-refractivity contribution in [2.75, 3.05) is 13.1 Å². The van der Waals surface area contributed by atoms with Crippen molar-refractivity contribution in [2.24, 2.45) is 11.3 Å². The van der Waals surface area contributed by atoms with Crippen molar-refractivity contribution >= 4 is 0 Å². The Morgan fingerprint density at radius 2 is 1.62 bits per heavy atom. The van der Waals surface area contributed by atoms with Crippen LogP contribution in [0, 0.1) is 11.3 Å². The fourth-order valence-electron chi connectivity index (χ4n) is 3.43. The molecule has 2 heteroatoms. The first-order valence-electron chi connectivity index (χ1n) is 8.15. The molecule has 21 heavy (non-hydrogen) atoms. The molecule has 0 radical (unpaired) electrons. The standard InChI is InChI=1S/C19H31NO/c1-17(2,3)16-12-19(21,15-10-8-7-9-11-15)14-20(13-16)18(4,5)6/h7-11,16,21H,12-14H2,1-6H3/p+1/t16-,19-/m1/s1. The van der Waals surface area contributed by atoms with E-state index in [4.69, 9.17) is 0 Å². The third kappa shape index (κ3) is 3.67. The zero-order chi connectivity index (χ0) is 15.9. The van der Waals surface area contributed by atoms with Gasteiger partial charge in [-0.05, 0) is 38.2 Å². The molecule has 1 aromatic carbocycles. The molecule has 2 nitrogen and oxygen atoms in total. The van der Waals surface area contributed by atoms with Crippen molar-refractivity contribution < 1.29 is 10.0 Å². The molecule has 0 aliphatic carbocycles. The van der Waals surface area contributed by atoms with Gasteiger partial charge in [0.15, 0.2) is 0 Å². The van der Waals surface area contributed by atoms with Crippen LogP contribution in [0.25, 0.3) is 0 Å². The van der Waals surface area contributed by atoms with Crippen LogP contribution in [0.2, 0.25) is 0 Å². The number of quaternary nitrogens is 1. The summed E-state index contributed by atoms with van der Waals surface area (Å²) in [4.78, 5) is 1.50. The number of piperidine rings is 1. The van der Waals surface area contributed by atoms with Gasteiger partial charge in [-0.1, -0.05) is 51.1 Å². The van der Waals surface area contributed by atoms with Crippen LogP contribution in [0.15, 0.2) is 30.3 Å². The van der Waals surface area contributed by atoms with E-state index in [0.29, 0.717) is 5.92 Å². The zero-order valence-corrected chi connectivity index (χ0v) is 14.5. The maximum absolute atomic E-state index is 11.4. The Morgan fingerprint density at radius 1 is 1.05 bits per heavy atom. The van der Waals surface area contributed by atoms with Gasteiger partial charge in [0.05, 0.1) is 12.1 Å². The molecule has 0 saturated carbocycles. The largest absolute Gasteiger partial charge is 0.379 e. The topological polar surface area (TPSA) is 24.7 Å². The number of nitrogens with one attached hydrogen (secondary N) is 1. The average molecular weight is 290 g/mol. The highest BCUT2D eigenvalue weighted by Gasteiger charge is 2.48. The van der Waals surface area contributed by atoms with Crippen LogP contribution in [0.4, 0.5) is 0 Å². The minimum atomic E-state index is -0.708. The van der Waals surface area contributed by atoms with E-state index in [2.05, 4.69) is 53.7 Å². The Kier molecular flexibility index (Phi) is 4.25. The Balaban J connectivity index is 2.37. The summed E-state index contributed by atoms with van der Waals surface area (Å²) in [6.07, 6.45) is 0.861. The molecule has 1 fully saturated rings. The van der Waals surface area contributed by atoms with Crippen molar-refractivity contribution in [3.05, 3.63) is 35.9 Å². The number of hydrogen-bond donors (Lipinski definition) is 2. The van der Waals surface area contributed by atoms with Gasteiger partial charge in [0.1, 0.15) is 12.1 Å². The molecule has 2 rings (SSSR count). The maximum atomic E-state index is 11.4. The minimum absolute atomic E-state index is 0.159. The molecule has 1 aliphatic rings. The summed E-state index contributed by atoms with van der Waals surface area (Å²) in [6, 6.07) is 10.2. The Bertz CT molecular complexity index is 445. The molecule has 118 valence electrons. The highest BCUT2D eigenvalue weighted by Crippen LogP contribution is 2.38. The molecule has 0 aromatic heterocycles. The first kappa shape index (κ1) is 16.5. The van der Waals surface area contributed by atoms with E-state index in [1.54, 1.807) is 0 Å². The monoisotopic (exact) mass is 290 g/mol.